The lowest BCUT2D eigenvalue weighted by molar-refractivity contribution is 0.628. The smallest absolute Gasteiger partial charge is 0.144 e. The van der Waals surface area contributed by atoms with Crippen LogP contribution in [0.2, 0.25) is 0 Å². The van der Waals surface area contributed by atoms with Gasteiger partial charge in [0.1, 0.15) is 17.5 Å². The molecule has 0 atom stereocenters. The first-order chi connectivity index (χ1) is 9.56. The van der Waals surface area contributed by atoms with Gasteiger partial charge in [-0.25, -0.2) is 9.37 Å². The quantitative estimate of drug-likeness (QED) is 0.651. The van der Waals surface area contributed by atoms with E-state index in [0.29, 0.717) is 11.4 Å². The monoisotopic (exact) mass is 270 g/mol. The van der Waals surface area contributed by atoms with E-state index in [4.69, 9.17) is 11.1 Å². The van der Waals surface area contributed by atoms with Crippen LogP contribution in [0.1, 0.15) is 16.8 Å². The topological polar surface area (TPSA) is 66.0 Å². The second-order valence-corrected chi connectivity index (χ2v) is 4.91. The van der Waals surface area contributed by atoms with Gasteiger partial charge in [0, 0.05) is 17.9 Å². The maximum Gasteiger partial charge on any atom is 0.144 e. The fourth-order valence-electron chi connectivity index (χ4n) is 2.53. The predicted octanol–water partition coefficient (Wildman–Crippen LogP) is 2.51. The number of aromatic nitrogens is 1. The van der Waals surface area contributed by atoms with Crippen LogP contribution in [0.5, 0.6) is 0 Å². The van der Waals surface area contributed by atoms with Crippen molar-refractivity contribution in [3.63, 3.8) is 0 Å². The van der Waals surface area contributed by atoms with Gasteiger partial charge in [-0.1, -0.05) is 6.07 Å². The first-order valence-electron chi connectivity index (χ1n) is 6.44. The zero-order valence-corrected chi connectivity index (χ0v) is 11.2. The van der Waals surface area contributed by atoms with Crippen LogP contribution < -0.4 is 10.6 Å². The molecule has 20 heavy (non-hydrogen) atoms. The fourth-order valence-corrected chi connectivity index (χ4v) is 2.53. The first-order valence-corrected chi connectivity index (χ1v) is 6.44. The Morgan fingerprint density at radius 3 is 2.90 bits per heavy atom. The molecule has 0 bridgehead atoms. The summed E-state index contributed by atoms with van der Waals surface area (Å²) in [5.74, 6) is 0.326. The number of rotatable bonds is 2. The van der Waals surface area contributed by atoms with Gasteiger partial charge in [-0.3, -0.25) is 5.41 Å². The fraction of sp³-hybridized carbons (Fsp3) is 0.200. The van der Waals surface area contributed by atoms with Crippen LogP contribution in [0.15, 0.2) is 30.3 Å². The van der Waals surface area contributed by atoms with Crippen molar-refractivity contribution < 1.29 is 4.39 Å². The van der Waals surface area contributed by atoms with Crippen molar-refractivity contribution in [2.45, 2.75) is 13.3 Å². The number of pyridine rings is 1. The molecule has 0 unspecified atom stereocenters. The molecule has 0 saturated carbocycles. The number of nitrogens with one attached hydrogen (secondary N) is 1. The molecular formula is C15H15FN4. The minimum atomic E-state index is -0.271. The maximum absolute atomic E-state index is 13.5. The van der Waals surface area contributed by atoms with Crippen LogP contribution in [0.3, 0.4) is 0 Å². The summed E-state index contributed by atoms with van der Waals surface area (Å²) in [6, 6.07) is 8.39. The Hall–Kier alpha value is -2.43. The molecule has 2 heterocycles. The number of nitrogens with zero attached hydrogens (tertiary/aromatic N) is 2. The number of nitrogens with two attached hydrogens (primary N) is 1. The largest absolute Gasteiger partial charge is 0.384 e. The Bertz CT molecular complexity index is 696. The molecule has 102 valence electrons. The number of anilines is 2. The summed E-state index contributed by atoms with van der Waals surface area (Å²) in [7, 11) is 0. The van der Waals surface area contributed by atoms with E-state index in [0.717, 1.165) is 29.9 Å². The molecule has 3 N–H and O–H groups in total. The van der Waals surface area contributed by atoms with E-state index in [1.165, 1.54) is 12.1 Å². The molecule has 1 aliphatic rings. The van der Waals surface area contributed by atoms with Crippen molar-refractivity contribution >= 4 is 17.3 Å². The van der Waals surface area contributed by atoms with Crippen LogP contribution in [0.25, 0.3) is 0 Å². The highest BCUT2D eigenvalue weighted by Gasteiger charge is 2.24. The Morgan fingerprint density at radius 1 is 1.35 bits per heavy atom. The van der Waals surface area contributed by atoms with Crippen molar-refractivity contribution in [3.8, 4) is 0 Å². The Morgan fingerprint density at radius 2 is 2.15 bits per heavy atom. The van der Waals surface area contributed by atoms with Gasteiger partial charge in [0.2, 0.25) is 0 Å². The van der Waals surface area contributed by atoms with Crippen LogP contribution in [-0.4, -0.2) is 17.4 Å². The molecule has 1 aromatic carbocycles. The minimum absolute atomic E-state index is 0.0302. The van der Waals surface area contributed by atoms with E-state index >= 15 is 0 Å². The van der Waals surface area contributed by atoms with Gasteiger partial charge >= 0.3 is 0 Å². The van der Waals surface area contributed by atoms with E-state index in [1.807, 2.05) is 17.9 Å². The standard InChI is InChI=1S/C15H15FN4/c1-9-2-5-12(14(17)18)15(19-9)20-7-6-10-3-4-11(16)8-13(10)20/h2-5,8H,6-7H2,1H3,(H3,17,18). The number of nitrogen functional groups attached to an aromatic ring is 1. The maximum atomic E-state index is 13.5. The number of benzene rings is 1. The molecule has 0 fully saturated rings. The van der Waals surface area contributed by atoms with E-state index in [1.54, 1.807) is 12.1 Å². The van der Waals surface area contributed by atoms with Gasteiger partial charge in [0.15, 0.2) is 0 Å². The highest BCUT2D eigenvalue weighted by Crippen LogP contribution is 2.35. The number of fused-ring (bicyclic) bond motifs is 1. The van der Waals surface area contributed by atoms with Gasteiger partial charge in [0.25, 0.3) is 0 Å². The molecule has 0 radical (unpaired) electrons. The Kier molecular flexibility index (Phi) is 2.89. The molecular weight excluding hydrogens is 255 g/mol. The van der Waals surface area contributed by atoms with Gasteiger partial charge in [0.05, 0.1) is 5.56 Å². The summed E-state index contributed by atoms with van der Waals surface area (Å²) in [5.41, 5.74) is 8.94. The number of hydrogen-bond acceptors (Lipinski definition) is 3. The molecule has 2 aromatic rings. The molecule has 4 nitrogen and oxygen atoms in total. The van der Waals surface area contributed by atoms with Crippen LogP contribution in [0, 0.1) is 18.2 Å². The lowest BCUT2D eigenvalue weighted by Crippen LogP contribution is -2.22. The molecule has 1 aromatic heterocycles. The molecule has 3 rings (SSSR count). The number of hydrogen-bond donors (Lipinski definition) is 2. The number of aryl methyl sites for hydroxylation is 1. The van der Waals surface area contributed by atoms with Crippen molar-refractivity contribution in [2.75, 3.05) is 11.4 Å². The first kappa shape index (κ1) is 12.6. The Labute approximate surface area is 116 Å². The third-order valence-electron chi connectivity index (χ3n) is 3.50. The highest BCUT2D eigenvalue weighted by atomic mass is 19.1. The van der Waals surface area contributed by atoms with Crippen LogP contribution in [0.4, 0.5) is 15.9 Å². The summed E-state index contributed by atoms with van der Waals surface area (Å²) in [5, 5.41) is 7.67. The average molecular weight is 270 g/mol. The molecule has 1 aliphatic heterocycles. The summed E-state index contributed by atoms with van der Waals surface area (Å²) in [6.45, 7) is 2.60. The van der Waals surface area contributed by atoms with Crippen LogP contribution >= 0.6 is 0 Å². The van der Waals surface area contributed by atoms with E-state index in [-0.39, 0.29) is 11.7 Å². The Balaban J connectivity index is 2.14. The van der Waals surface area contributed by atoms with Crippen molar-refractivity contribution in [2.24, 2.45) is 5.73 Å². The van der Waals surface area contributed by atoms with Gasteiger partial charge in [-0.05, 0) is 43.2 Å². The number of amidine groups is 1. The summed E-state index contributed by atoms with van der Waals surface area (Å²) in [6.07, 6.45) is 0.836. The zero-order chi connectivity index (χ0) is 14.3. The molecule has 0 amide bonds. The van der Waals surface area contributed by atoms with E-state index in [2.05, 4.69) is 4.98 Å². The molecule has 0 spiro atoms. The van der Waals surface area contributed by atoms with Gasteiger partial charge in [-0.15, -0.1) is 0 Å². The van der Waals surface area contributed by atoms with E-state index < -0.39 is 0 Å². The molecule has 5 heteroatoms. The summed E-state index contributed by atoms with van der Waals surface area (Å²) >= 11 is 0. The van der Waals surface area contributed by atoms with E-state index in [9.17, 15) is 4.39 Å². The zero-order valence-electron chi connectivity index (χ0n) is 11.2. The second-order valence-electron chi connectivity index (χ2n) is 4.91. The summed E-state index contributed by atoms with van der Waals surface area (Å²) < 4.78 is 13.5. The minimum Gasteiger partial charge on any atom is -0.384 e. The lowest BCUT2D eigenvalue weighted by Gasteiger charge is -2.21. The van der Waals surface area contributed by atoms with Crippen LogP contribution in [-0.2, 0) is 6.42 Å². The molecule has 0 saturated heterocycles. The predicted molar refractivity (Wildman–Crippen MR) is 77.1 cm³/mol. The SMILES string of the molecule is Cc1ccc(C(=N)N)c(N2CCc3ccc(F)cc32)n1. The normalized spacial score (nSPS) is 13.4. The molecule has 0 aliphatic carbocycles. The number of halogens is 1. The lowest BCUT2D eigenvalue weighted by atomic mass is 10.1. The third-order valence-corrected chi connectivity index (χ3v) is 3.50. The second kappa shape index (κ2) is 4.59. The van der Waals surface area contributed by atoms with Crippen molar-refractivity contribution in [1.29, 1.82) is 5.41 Å². The average Bonchev–Trinajstić information content (AvgIpc) is 2.81. The van der Waals surface area contributed by atoms with Gasteiger partial charge < -0.3 is 10.6 Å². The third kappa shape index (κ3) is 2.01. The highest BCUT2D eigenvalue weighted by molar-refractivity contribution is 6.00. The van der Waals surface area contributed by atoms with Crippen molar-refractivity contribution in [3.05, 3.63) is 53.0 Å². The van der Waals surface area contributed by atoms with Gasteiger partial charge in [-0.2, -0.15) is 0 Å². The van der Waals surface area contributed by atoms with Crippen molar-refractivity contribution in [1.82, 2.24) is 4.98 Å². The summed E-state index contributed by atoms with van der Waals surface area (Å²) in [4.78, 5) is 6.42.